The van der Waals surface area contributed by atoms with E-state index in [1.165, 1.54) is 4.90 Å². The highest BCUT2D eigenvalue weighted by Crippen LogP contribution is 2.35. The second kappa shape index (κ2) is 11.5. The van der Waals surface area contributed by atoms with Crippen molar-refractivity contribution in [3.8, 4) is 5.75 Å². The number of thioether (sulfide) groups is 1. The molecule has 0 aliphatic carbocycles. The van der Waals surface area contributed by atoms with Crippen LogP contribution in [-0.4, -0.2) is 57.2 Å². The Labute approximate surface area is 227 Å². The average Bonchev–Trinajstić information content (AvgIpc) is 3.41. The number of hydrogen-bond acceptors (Lipinski definition) is 5. The van der Waals surface area contributed by atoms with Crippen LogP contribution in [-0.2, 0) is 22.6 Å². The molecule has 1 atom stereocenters. The highest BCUT2D eigenvalue weighted by Gasteiger charge is 2.35. The van der Waals surface area contributed by atoms with Crippen molar-refractivity contribution < 1.29 is 19.1 Å². The van der Waals surface area contributed by atoms with Crippen LogP contribution in [0.3, 0.4) is 0 Å². The number of fused-ring (bicyclic) bond motifs is 1. The number of ether oxygens (including phenoxy) is 1. The van der Waals surface area contributed by atoms with Crippen molar-refractivity contribution in [1.29, 1.82) is 0 Å². The lowest BCUT2D eigenvalue weighted by Crippen LogP contribution is -2.43. The summed E-state index contributed by atoms with van der Waals surface area (Å²) in [6.07, 6.45) is 7.80. The van der Waals surface area contributed by atoms with Gasteiger partial charge in [0.15, 0.2) is 0 Å². The Morgan fingerprint density at radius 3 is 2.68 bits per heavy atom. The fourth-order valence-electron chi connectivity index (χ4n) is 5.30. The van der Waals surface area contributed by atoms with Crippen molar-refractivity contribution >= 4 is 45.8 Å². The third kappa shape index (κ3) is 5.36. The van der Waals surface area contributed by atoms with Crippen LogP contribution in [0.25, 0.3) is 17.0 Å². The maximum absolute atomic E-state index is 13.3. The van der Waals surface area contributed by atoms with Gasteiger partial charge in [-0.15, -0.1) is 0 Å². The van der Waals surface area contributed by atoms with Crippen LogP contribution in [0, 0.1) is 0 Å². The van der Waals surface area contributed by atoms with E-state index in [0.29, 0.717) is 10.7 Å². The smallest absolute Gasteiger partial charge is 0.293 e. The van der Waals surface area contributed by atoms with Crippen molar-refractivity contribution in [2.45, 2.75) is 52.1 Å². The van der Waals surface area contributed by atoms with Gasteiger partial charge in [0.2, 0.25) is 5.91 Å². The van der Waals surface area contributed by atoms with Gasteiger partial charge in [-0.25, -0.2) is 0 Å². The third-order valence-corrected chi connectivity index (χ3v) is 8.22. The van der Waals surface area contributed by atoms with Gasteiger partial charge >= 0.3 is 0 Å². The Morgan fingerprint density at radius 2 is 1.92 bits per heavy atom. The molecule has 2 aromatic carbocycles. The van der Waals surface area contributed by atoms with Gasteiger partial charge in [0.05, 0.1) is 17.0 Å². The van der Waals surface area contributed by atoms with Gasteiger partial charge in [0, 0.05) is 29.7 Å². The number of piperidine rings is 1. The van der Waals surface area contributed by atoms with E-state index in [1.807, 2.05) is 58.1 Å². The van der Waals surface area contributed by atoms with Gasteiger partial charge in [-0.3, -0.25) is 19.3 Å². The number of carbonyl (C=O) groups is 3. The highest BCUT2D eigenvalue weighted by molar-refractivity contribution is 8.18. The molecule has 0 spiro atoms. The molecule has 0 bridgehead atoms. The number of benzene rings is 2. The molecule has 2 saturated heterocycles. The minimum atomic E-state index is -0.317. The van der Waals surface area contributed by atoms with E-state index in [9.17, 15) is 14.4 Å². The molecule has 0 unspecified atom stereocenters. The Morgan fingerprint density at radius 1 is 1.11 bits per heavy atom. The first-order valence-corrected chi connectivity index (χ1v) is 14.1. The standard InChI is InChI=1S/C30H33N3O4S/c1-3-22-11-9-14-25-23(19-31(28(22)25)20-27(34)32-15-8-7-10-21(32)2)18-26-29(35)33(30(36)38-26)16-17-37-24-12-5-4-6-13-24/h4-6,9,11-14,18-19,21H,3,7-8,10,15-17,20H2,1-2H3/b26-18-/t21-/m1/s1. The molecule has 7 nitrogen and oxygen atoms in total. The minimum absolute atomic E-state index is 0.116. The zero-order valence-corrected chi connectivity index (χ0v) is 22.7. The number of aryl methyl sites for hydroxylation is 1. The number of aromatic nitrogens is 1. The second-order valence-corrected chi connectivity index (χ2v) is 10.8. The molecule has 3 amide bonds. The lowest BCUT2D eigenvalue weighted by atomic mass is 10.0. The molecule has 3 aromatic rings. The summed E-state index contributed by atoms with van der Waals surface area (Å²) in [5, 5.41) is 0.674. The maximum Gasteiger partial charge on any atom is 0.293 e. The number of para-hydroxylation sites is 2. The topological polar surface area (TPSA) is 71.8 Å². The monoisotopic (exact) mass is 531 g/mol. The van der Waals surface area contributed by atoms with Crippen molar-refractivity contribution in [2.24, 2.45) is 0 Å². The lowest BCUT2D eigenvalue weighted by Gasteiger charge is -2.33. The van der Waals surface area contributed by atoms with Gasteiger partial charge < -0.3 is 14.2 Å². The molecule has 198 valence electrons. The van der Waals surface area contributed by atoms with E-state index in [1.54, 1.807) is 6.08 Å². The molecule has 0 radical (unpaired) electrons. The largest absolute Gasteiger partial charge is 0.492 e. The summed E-state index contributed by atoms with van der Waals surface area (Å²) in [6.45, 7) is 5.68. The van der Waals surface area contributed by atoms with Crippen LogP contribution in [0.1, 0.15) is 44.2 Å². The third-order valence-electron chi connectivity index (χ3n) is 7.31. The van der Waals surface area contributed by atoms with Gasteiger partial charge in [-0.2, -0.15) is 0 Å². The molecule has 1 aromatic heterocycles. The Hall–Kier alpha value is -3.52. The van der Waals surface area contributed by atoms with Crippen molar-refractivity contribution in [3.63, 3.8) is 0 Å². The highest BCUT2D eigenvalue weighted by atomic mass is 32.2. The molecule has 3 heterocycles. The first kappa shape index (κ1) is 26.1. The summed E-state index contributed by atoms with van der Waals surface area (Å²) in [7, 11) is 0. The van der Waals surface area contributed by atoms with E-state index in [-0.39, 0.29) is 42.8 Å². The molecule has 5 rings (SSSR count). The summed E-state index contributed by atoms with van der Waals surface area (Å²) in [4.78, 5) is 42.7. The van der Waals surface area contributed by atoms with E-state index in [0.717, 1.165) is 66.0 Å². The van der Waals surface area contributed by atoms with E-state index < -0.39 is 0 Å². The fourth-order valence-corrected chi connectivity index (χ4v) is 6.16. The zero-order valence-electron chi connectivity index (χ0n) is 21.9. The molecule has 8 heteroatoms. The number of amides is 3. The van der Waals surface area contributed by atoms with Crippen LogP contribution in [0.4, 0.5) is 4.79 Å². The van der Waals surface area contributed by atoms with Crippen LogP contribution in [0.15, 0.2) is 59.6 Å². The molecule has 0 N–H and O–H groups in total. The molecule has 2 aliphatic heterocycles. The maximum atomic E-state index is 13.3. The molecule has 2 aliphatic rings. The zero-order chi connectivity index (χ0) is 26.6. The van der Waals surface area contributed by atoms with Crippen molar-refractivity contribution in [1.82, 2.24) is 14.4 Å². The van der Waals surface area contributed by atoms with Crippen LogP contribution in [0.5, 0.6) is 5.75 Å². The number of likely N-dealkylation sites (tertiary alicyclic amines) is 1. The van der Waals surface area contributed by atoms with Crippen molar-refractivity contribution in [3.05, 3.63) is 70.8 Å². The predicted molar refractivity (Wildman–Crippen MR) is 151 cm³/mol. The van der Waals surface area contributed by atoms with Gasteiger partial charge in [0.1, 0.15) is 18.9 Å². The SMILES string of the molecule is CCc1cccc2c(/C=C3\SC(=O)N(CCOc4ccccc4)C3=O)cn(CC(=O)N3CCCC[C@H]3C)c12. The predicted octanol–water partition coefficient (Wildman–Crippen LogP) is 5.72. The second-order valence-electron chi connectivity index (χ2n) is 9.81. The molecule has 38 heavy (non-hydrogen) atoms. The summed E-state index contributed by atoms with van der Waals surface area (Å²) < 4.78 is 7.70. The minimum Gasteiger partial charge on any atom is -0.492 e. The van der Waals surface area contributed by atoms with Gasteiger partial charge in [-0.05, 0) is 68.1 Å². The van der Waals surface area contributed by atoms with E-state index >= 15 is 0 Å². The summed E-state index contributed by atoms with van der Waals surface area (Å²) in [5.74, 6) is 0.496. The first-order chi connectivity index (χ1) is 18.5. The van der Waals surface area contributed by atoms with Gasteiger partial charge in [0.25, 0.3) is 11.1 Å². The molecule has 0 saturated carbocycles. The summed E-state index contributed by atoms with van der Waals surface area (Å²) >= 11 is 0.946. The number of rotatable bonds is 8. The molecular formula is C30H33N3O4S. The first-order valence-electron chi connectivity index (χ1n) is 13.3. The summed E-state index contributed by atoms with van der Waals surface area (Å²) in [6, 6.07) is 15.7. The normalized spacial score (nSPS) is 19.1. The number of hydrogen-bond donors (Lipinski definition) is 0. The Balaban J connectivity index is 1.38. The lowest BCUT2D eigenvalue weighted by molar-refractivity contribution is -0.135. The number of imide groups is 1. The van der Waals surface area contributed by atoms with Gasteiger partial charge in [-0.1, -0.05) is 43.3 Å². The quantitative estimate of drug-likeness (QED) is 0.348. The molecular weight excluding hydrogens is 498 g/mol. The number of carbonyl (C=O) groups excluding carboxylic acids is 3. The van der Waals surface area contributed by atoms with Crippen LogP contribution in [0.2, 0.25) is 0 Å². The molecule has 2 fully saturated rings. The van der Waals surface area contributed by atoms with Crippen LogP contribution >= 0.6 is 11.8 Å². The fraction of sp³-hybridized carbons (Fsp3) is 0.367. The number of nitrogens with zero attached hydrogens (tertiary/aromatic N) is 3. The summed E-state index contributed by atoms with van der Waals surface area (Å²) in [5.41, 5.74) is 2.99. The Kier molecular flexibility index (Phi) is 7.88. The average molecular weight is 532 g/mol. The van der Waals surface area contributed by atoms with Crippen molar-refractivity contribution in [2.75, 3.05) is 19.7 Å². The van der Waals surface area contributed by atoms with E-state index in [4.69, 9.17) is 4.74 Å². The van der Waals surface area contributed by atoms with E-state index in [2.05, 4.69) is 19.9 Å². The Bertz CT molecular complexity index is 1380. The van der Waals surface area contributed by atoms with Crippen LogP contribution < -0.4 is 4.74 Å².